The Morgan fingerprint density at radius 1 is 0.952 bits per heavy atom. The van der Waals surface area contributed by atoms with Gasteiger partial charge in [-0.1, -0.05) is 79.9 Å². The lowest BCUT2D eigenvalue weighted by Crippen LogP contribution is -1.84. The molecule has 0 fully saturated rings. The smallest absolute Gasteiger partial charge is 0.0187 e. The van der Waals surface area contributed by atoms with Crippen LogP contribution in [-0.2, 0) is 0 Å². The molecule has 0 atom stereocenters. The molecule has 0 bridgehead atoms. The van der Waals surface area contributed by atoms with Gasteiger partial charge in [-0.05, 0) is 48.6 Å². The number of rotatable bonds is 6. The van der Waals surface area contributed by atoms with E-state index in [9.17, 15) is 0 Å². The fourth-order valence-corrected chi connectivity index (χ4v) is 1.73. The Hall–Kier alpha value is -2.34. The van der Waals surface area contributed by atoms with Gasteiger partial charge in [0.25, 0.3) is 0 Å². The van der Waals surface area contributed by atoms with Crippen LogP contribution in [0.5, 0.6) is 0 Å². The first-order valence-corrected chi connectivity index (χ1v) is 6.97. The Bertz CT molecular complexity index is 648. The van der Waals surface area contributed by atoms with Gasteiger partial charge in [-0.2, -0.15) is 0 Å². The number of hydrogen-bond donors (Lipinski definition) is 0. The highest BCUT2D eigenvalue weighted by Crippen LogP contribution is 2.19. The third-order valence-corrected chi connectivity index (χ3v) is 3.35. The van der Waals surface area contributed by atoms with Crippen LogP contribution in [0.25, 0.3) is 5.57 Å². The van der Waals surface area contributed by atoms with Crippen LogP contribution >= 0.6 is 0 Å². The Balaban J connectivity index is 2.79. The highest BCUT2D eigenvalue weighted by molar-refractivity contribution is 5.73. The molecular weight excluding hydrogens is 252 g/mol. The van der Waals surface area contributed by atoms with Crippen molar-refractivity contribution in [2.75, 3.05) is 0 Å². The zero-order chi connectivity index (χ0) is 16.0. The third-order valence-electron chi connectivity index (χ3n) is 3.35. The van der Waals surface area contributed by atoms with Crippen molar-refractivity contribution in [2.45, 2.75) is 20.8 Å². The van der Waals surface area contributed by atoms with E-state index in [1.54, 1.807) is 0 Å². The molecule has 21 heavy (non-hydrogen) atoms. The first kappa shape index (κ1) is 16.7. The van der Waals surface area contributed by atoms with Gasteiger partial charge in [0.1, 0.15) is 0 Å². The molecule has 1 rings (SSSR count). The molecule has 0 radical (unpaired) electrons. The van der Waals surface area contributed by atoms with Crippen molar-refractivity contribution in [2.24, 2.45) is 0 Å². The summed E-state index contributed by atoms with van der Waals surface area (Å²) in [6.45, 7) is 22.2. The summed E-state index contributed by atoms with van der Waals surface area (Å²) >= 11 is 0. The van der Waals surface area contributed by atoms with E-state index in [1.807, 2.05) is 38.1 Å². The molecule has 0 saturated carbocycles. The Labute approximate surface area is 129 Å². The van der Waals surface area contributed by atoms with Crippen LogP contribution in [0.2, 0.25) is 0 Å². The highest BCUT2D eigenvalue weighted by atomic mass is 14.0. The van der Waals surface area contributed by atoms with Crippen molar-refractivity contribution >= 4 is 5.57 Å². The van der Waals surface area contributed by atoms with Crippen LogP contribution in [0, 0.1) is 6.92 Å². The molecule has 0 N–H and O–H groups in total. The highest BCUT2D eigenvalue weighted by Gasteiger charge is 1.98. The van der Waals surface area contributed by atoms with E-state index in [2.05, 4.69) is 51.4 Å². The molecule has 0 nitrogen and oxygen atoms in total. The van der Waals surface area contributed by atoms with E-state index < -0.39 is 0 Å². The minimum atomic E-state index is 0.879. The van der Waals surface area contributed by atoms with E-state index in [1.165, 1.54) is 5.56 Å². The SMILES string of the molecule is C=C(/C=C\C(=C)c1cccc(C)c1)C(=C)/C=C(/C)C(=C)C. The van der Waals surface area contributed by atoms with Crippen LogP contribution in [0.3, 0.4) is 0 Å². The van der Waals surface area contributed by atoms with Gasteiger partial charge in [0.2, 0.25) is 0 Å². The Morgan fingerprint density at radius 3 is 2.19 bits per heavy atom. The average Bonchev–Trinajstić information content (AvgIpc) is 2.43. The van der Waals surface area contributed by atoms with E-state index in [0.29, 0.717) is 0 Å². The van der Waals surface area contributed by atoms with Crippen molar-refractivity contribution in [3.05, 3.63) is 102 Å². The van der Waals surface area contributed by atoms with Crippen LogP contribution in [0.15, 0.2) is 91.1 Å². The topological polar surface area (TPSA) is 0 Å². The molecule has 1 aromatic carbocycles. The lowest BCUT2D eigenvalue weighted by atomic mass is 10.0. The second kappa shape index (κ2) is 7.44. The van der Waals surface area contributed by atoms with Crippen molar-refractivity contribution in [3.63, 3.8) is 0 Å². The fourth-order valence-electron chi connectivity index (χ4n) is 1.73. The summed E-state index contributed by atoms with van der Waals surface area (Å²) in [7, 11) is 0. The molecule has 0 aliphatic heterocycles. The van der Waals surface area contributed by atoms with Gasteiger partial charge in [0, 0.05) is 0 Å². The van der Waals surface area contributed by atoms with Gasteiger partial charge >= 0.3 is 0 Å². The number of allylic oxidation sites excluding steroid dienone is 8. The zero-order valence-electron chi connectivity index (χ0n) is 13.4. The van der Waals surface area contributed by atoms with Crippen LogP contribution in [-0.4, -0.2) is 0 Å². The third kappa shape index (κ3) is 5.27. The molecule has 0 heteroatoms. The van der Waals surface area contributed by atoms with Crippen molar-refractivity contribution in [3.8, 4) is 0 Å². The molecule has 0 aliphatic rings. The minimum Gasteiger partial charge on any atom is -0.0958 e. The molecule has 1 aromatic rings. The van der Waals surface area contributed by atoms with Crippen molar-refractivity contribution < 1.29 is 0 Å². The molecule has 108 valence electrons. The van der Waals surface area contributed by atoms with Gasteiger partial charge < -0.3 is 0 Å². The van der Waals surface area contributed by atoms with E-state index in [-0.39, 0.29) is 0 Å². The van der Waals surface area contributed by atoms with Crippen LogP contribution in [0.4, 0.5) is 0 Å². The second-order valence-electron chi connectivity index (χ2n) is 5.39. The number of benzene rings is 1. The summed E-state index contributed by atoms with van der Waals surface area (Å²) in [6, 6.07) is 8.29. The molecule has 0 saturated heterocycles. The average molecular weight is 276 g/mol. The van der Waals surface area contributed by atoms with Gasteiger partial charge in [0.05, 0.1) is 0 Å². The van der Waals surface area contributed by atoms with E-state index in [4.69, 9.17) is 0 Å². The van der Waals surface area contributed by atoms with Gasteiger partial charge in [-0.25, -0.2) is 0 Å². The summed E-state index contributed by atoms with van der Waals surface area (Å²) < 4.78 is 0. The maximum Gasteiger partial charge on any atom is -0.0187 e. The van der Waals surface area contributed by atoms with Gasteiger partial charge in [0.15, 0.2) is 0 Å². The molecular formula is C21H24. The first-order chi connectivity index (χ1) is 9.81. The normalized spacial score (nSPS) is 11.5. The molecule has 0 spiro atoms. The summed E-state index contributed by atoms with van der Waals surface area (Å²) in [6.07, 6.45) is 5.94. The predicted octanol–water partition coefficient (Wildman–Crippen LogP) is 6.20. The van der Waals surface area contributed by atoms with Gasteiger partial charge in [-0.3, -0.25) is 0 Å². The summed E-state index contributed by atoms with van der Waals surface area (Å²) in [5.74, 6) is 0. The largest absolute Gasteiger partial charge is 0.0958 e. The maximum atomic E-state index is 4.10. The molecule has 0 unspecified atom stereocenters. The van der Waals surface area contributed by atoms with Crippen molar-refractivity contribution in [1.82, 2.24) is 0 Å². The number of hydrogen-bond acceptors (Lipinski definition) is 0. The van der Waals surface area contributed by atoms with Crippen molar-refractivity contribution in [1.29, 1.82) is 0 Å². The number of aryl methyl sites for hydroxylation is 1. The minimum absolute atomic E-state index is 0.879. The molecule has 0 aliphatic carbocycles. The molecule has 0 amide bonds. The summed E-state index contributed by atoms with van der Waals surface area (Å²) in [5, 5.41) is 0. The second-order valence-corrected chi connectivity index (χ2v) is 5.39. The summed E-state index contributed by atoms with van der Waals surface area (Å²) in [4.78, 5) is 0. The Morgan fingerprint density at radius 2 is 1.62 bits per heavy atom. The molecule has 0 aromatic heterocycles. The molecule has 0 heterocycles. The lowest BCUT2D eigenvalue weighted by Gasteiger charge is -2.05. The monoisotopic (exact) mass is 276 g/mol. The Kier molecular flexibility index (Phi) is 5.92. The predicted molar refractivity (Wildman–Crippen MR) is 96.2 cm³/mol. The summed E-state index contributed by atoms with van der Waals surface area (Å²) in [5.41, 5.74) is 7.24. The van der Waals surface area contributed by atoms with E-state index >= 15 is 0 Å². The quantitative estimate of drug-likeness (QED) is 0.543. The first-order valence-electron chi connectivity index (χ1n) is 6.97. The fraction of sp³-hybridized carbons (Fsp3) is 0.143. The van der Waals surface area contributed by atoms with E-state index in [0.717, 1.165) is 33.4 Å². The standard InChI is InChI=1S/C21H24/c1-15(2)19(6)14-20(7)17(4)11-12-18(5)21-10-8-9-16(3)13-21/h8-14H,1,4-5,7H2,2-3,6H3/b12-11-,19-14-. The van der Waals surface area contributed by atoms with Crippen LogP contribution in [0.1, 0.15) is 25.0 Å². The lowest BCUT2D eigenvalue weighted by molar-refractivity contribution is 1.35. The zero-order valence-corrected chi connectivity index (χ0v) is 13.4. The van der Waals surface area contributed by atoms with Crippen LogP contribution < -0.4 is 0 Å². The van der Waals surface area contributed by atoms with Gasteiger partial charge in [-0.15, -0.1) is 0 Å². The maximum absolute atomic E-state index is 4.10.